The lowest BCUT2D eigenvalue weighted by Crippen LogP contribution is -2.11. The number of ether oxygens (including phenoxy) is 1. The SMILES string of the molecule is CCNCc1nnc(OCCC2CC2)s1. The molecule has 1 aliphatic rings. The van der Waals surface area contributed by atoms with Crippen molar-refractivity contribution in [2.75, 3.05) is 13.2 Å². The molecule has 0 radical (unpaired) electrons. The van der Waals surface area contributed by atoms with E-state index in [2.05, 4.69) is 22.4 Å². The van der Waals surface area contributed by atoms with E-state index in [0.717, 1.165) is 30.6 Å². The molecule has 5 heteroatoms. The van der Waals surface area contributed by atoms with Crippen LogP contribution in [0, 0.1) is 5.92 Å². The van der Waals surface area contributed by atoms with Crippen LogP contribution < -0.4 is 10.1 Å². The van der Waals surface area contributed by atoms with E-state index in [1.807, 2.05) is 0 Å². The third kappa shape index (κ3) is 3.76. The van der Waals surface area contributed by atoms with Crippen LogP contribution in [-0.4, -0.2) is 23.3 Å². The Kier molecular flexibility index (Phi) is 3.91. The van der Waals surface area contributed by atoms with Gasteiger partial charge in [0.05, 0.1) is 6.61 Å². The Labute approximate surface area is 94.1 Å². The lowest BCUT2D eigenvalue weighted by Gasteiger charge is -1.98. The van der Waals surface area contributed by atoms with Gasteiger partial charge in [-0.15, -0.1) is 10.2 Å². The molecule has 0 aliphatic heterocycles. The first-order valence-electron chi connectivity index (χ1n) is 5.54. The zero-order chi connectivity index (χ0) is 10.5. The van der Waals surface area contributed by atoms with E-state index >= 15 is 0 Å². The minimum atomic E-state index is 0.712. The molecule has 0 bridgehead atoms. The predicted octanol–water partition coefficient (Wildman–Crippen LogP) is 1.83. The van der Waals surface area contributed by atoms with Gasteiger partial charge in [0.2, 0.25) is 0 Å². The lowest BCUT2D eigenvalue weighted by atomic mass is 10.3. The van der Waals surface area contributed by atoms with Crippen LogP contribution in [0.2, 0.25) is 0 Å². The van der Waals surface area contributed by atoms with Crippen molar-refractivity contribution in [1.82, 2.24) is 15.5 Å². The van der Waals surface area contributed by atoms with Crippen LogP contribution >= 0.6 is 11.3 Å². The Morgan fingerprint density at radius 2 is 2.33 bits per heavy atom. The average molecular weight is 227 g/mol. The highest BCUT2D eigenvalue weighted by atomic mass is 32.1. The van der Waals surface area contributed by atoms with E-state index in [9.17, 15) is 0 Å². The van der Waals surface area contributed by atoms with Gasteiger partial charge in [0.15, 0.2) is 0 Å². The van der Waals surface area contributed by atoms with Crippen molar-refractivity contribution in [3.63, 3.8) is 0 Å². The Morgan fingerprint density at radius 3 is 3.07 bits per heavy atom. The second-order valence-corrected chi connectivity index (χ2v) is 4.85. The molecular formula is C10H17N3OS. The third-order valence-corrected chi connectivity index (χ3v) is 3.26. The Morgan fingerprint density at radius 1 is 1.47 bits per heavy atom. The van der Waals surface area contributed by atoms with E-state index in [0.29, 0.717) is 5.19 Å². The lowest BCUT2D eigenvalue weighted by molar-refractivity contribution is 0.298. The zero-order valence-corrected chi connectivity index (χ0v) is 9.85. The van der Waals surface area contributed by atoms with Gasteiger partial charge in [-0.3, -0.25) is 0 Å². The summed E-state index contributed by atoms with van der Waals surface area (Å²) in [5.41, 5.74) is 0. The van der Waals surface area contributed by atoms with E-state index in [1.165, 1.54) is 30.6 Å². The normalized spacial score (nSPS) is 15.5. The van der Waals surface area contributed by atoms with E-state index < -0.39 is 0 Å². The summed E-state index contributed by atoms with van der Waals surface area (Å²) in [7, 11) is 0. The zero-order valence-electron chi connectivity index (χ0n) is 9.03. The molecule has 15 heavy (non-hydrogen) atoms. The fraction of sp³-hybridized carbons (Fsp3) is 0.800. The molecule has 1 N–H and O–H groups in total. The van der Waals surface area contributed by atoms with Crippen LogP contribution in [0.15, 0.2) is 0 Å². The largest absolute Gasteiger partial charge is 0.469 e. The topological polar surface area (TPSA) is 47.0 Å². The van der Waals surface area contributed by atoms with Crippen LogP contribution in [-0.2, 0) is 6.54 Å². The maximum Gasteiger partial charge on any atom is 0.294 e. The van der Waals surface area contributed by atoms with E-state index in [4.69, 9.17) is 4.74 Å². The summed E-state index contributed by atoms with van der Waals surface area (Å²) in [6.07, 6.45) is 3.93. The van der Waals surface area contributed by atoms with Crippen molar-refractivity contribution in [2.24, 2.45) is 5.92 Å². The first-order valence-corrected chi connectivity index (χ1v) is 6.36. The molecule has 0 amide bonds. The molecule has 0 saturated heterocycles. The van der Waals surface area contributed by atoms with Crippen molar-refractivity contribution in [3.05, 3.63) is 5.01 Å². The van der Waals surface area contributed by atoms with Crippen LogP contribution in [0.25, 0.3) is 0 Å². The average Bonchev–Trinajstić information content (AvgIpc) is 2.95. The van der Waals surface area contributed by atoms with Crippen LogP contribution in [0.4, 0.5) is 0 Å². The van der Waals surface area contributed by atoms with Gasteiger partial charge >= 0.3 is 0 Å². The highest BCUT2D eigenvalue weighted by Crippen LogP contribution is 2.32. The van der Waals surface area contributed by atoms with Gasteiger partial charge in [0.1, 0.15) is 5.01 Å². The van der Waals surface area contributed by atoms with Gasteiger partial charge in [-0.1, -0.05) is 31.1 Å². The number of nitrogens with one attached hydrogen (secondary N) is 1. The van der Waals surface area contributed by atoms with E-state index in [-0.39, 0.29) is 0 Å². The fourth-order valence-corrected chi connectivity index (χ4v) is 2.00. The van der Waals surface area contributed by atoms with E-state index in [1.54, 1.807) is 0 Å². The second-order valence-electron chi connectivity index (χ2n) is 3.82. The number of aromatic nitrogens is 2. The Balaban J connectivity index is 1.68. The number of rotatable bonds is 7. The molecule has 0 unspecified atom stereocenters. The standard InChI is InChI=1S/C10H17N3OS/c1-2-11-7-9-12-13-10(15-9)14-6-5-8-3-4-8/h8,11H,2-7H2,1H3. The minimum Gasteiger partial charge on any atom is -0.469 e. The third-order valence-electron chi connectivity index (χ3n) is 2.42. The molecule has 1 aromatic heterocycles. The van der Waals surface area contributed by atoms with Crippen molar-refractivity contribution < 1.29 is 4.74 Å². The molecule has 1 heterocycles. The van der Waals surface area contributed by atoms with Gasteiger partial charge in [0, 0.05) is 6.54 Å². The molecule has 0 spiro atoms. The summed E-state index contributed by atoms with van der Waals surface area (Å²) in [6, 6.07) is 0. The Bertz CT molecular complexity index is 299. The van der Waals surface area contributed by atoms with Gasteiger partial charge in [0.25, 0.3) is 5.19 Å². The maximum atomic E-state index is 5.53. The number of nitrogens with zero attached hydrogens (tertiary/aromatic N) is 2. The summed E-state index contributed by atoms with van der Waals surface area (Å²) in [6.45, 7) is 4.62. The molecule has 1 aliphatic carbocycles. The molecule has 4 nitrogen and oxygen atoms in total. The summed E-state index contributed by atoms with van der Waals surface area (Å²) in [4.78, 5) is 0. The summed E-state index contributed by atoms with van der Waals surface area (Å²) >= 11 is 1.54. The molecular weight excluding hydrogens is 210 g/mol. The minimum absolute atomic E-state index is 0.712. The first kappa shape index (κ1) is 10.8. The highest BCUT2D eigenvalue weighted by Gasteiger charge is 2.20. The van der Waals surface area contributed by atoms with Crippen molar-refractivity contribution in [3.8, 4) is 5.19 Å². The first-order chi connectivity index (χ1) is 7.38. The molecule has 1 saturated carbocycles. The van der Waals surface area contributed by atoms with Crippen LogP contribution in [0.1, 0.15) is 31.2 Å². The molecule has 2 rings (SSSR count). The molecule has 0 aromatic carbocycles. The Hall–Kier alpha value is -0.680. The second kappa shape index (κ2) is 5.42. The molecule has 0 atom stereocenters. The van der Waals surface area contributed by atoms with Gasteiger partial charge < -0.3 is 10.1 Å². The van der Waals surface area contributed by atoms with Crippen LogP contribution in [0.3, 0.4) is 0 Å². The molecule has 1 aromatic rings. The van der Waals surface area contributed by atoms with Crippen molar-refractivity contribution in [1.29, 1.82) is 0 Å². The summed E-state index contributed by atoms with van der Waals surface area (Å²) < 4.78 is 5.53. The monoisotopic (exact) mass is 227 g/mol. The molecule has 84 valence electrons. The summed E-state index contributed by atoms with van der Waals surface area (Å²) in [5.74, 6) is 0.916. The highest BCUT2D eigenvalue weighted by molar-refractivity contribution is 7.13. The quantitative estimate of drug-likeness (QED) is 0.772. The fourth-order valence-electron chi connectivity index (χ4n) is 1.32. The number of hydrogen-bond acceptors (Lipinski definition) is 5. The maximum absolute atomic E-state index is 5.53. The van der Waals surface area contributed by atoms with Gasteiger partial charge in [-0.2, -0.15) is 0 Å². The van der Waals surface area contributed by atoms with Crippen molar-refractivity contribution in [2.45, 2.75) is 32.7 Å². The number of hydrogen-bond donors (Lipinski definition) is 1. The van der Waals surface area contributed by atoms with Gasteiger partial charge in [-0.05, 0) is 18.9 Å². The summed E-state index contributed by atoms with van der Waals surface area (Å²) in [5, 5.41) is 13.0. The van der Waals surface area contributed by atoms with Crippen LogP contribution in [0.5, 0.6) is 5.19 Å². The van der Waals surface area contributed by atoms with Crippen molar-refractivity contribution >= 4 is 11.3 Å². The van der Waals surface area contributed by atoms with Gasteiger partial charge in [-0.25, -0.2) is 0 Å². The smallest absolute Gasteiger partial charge is 0.294 e. The predicted molar refractivity (Wildman–Crippen MR) is 60.1 cm³/mol. The molecule has 1 fully saturated rings.